The molecule has 0 bridgehead atoms. The molecular weight excluding hydrogens is 252 g/mol. The van der Waals surface area contributed by atoms with Crippen molar-refractivity contribution in [1.82, 2.24) is 0 Å². The Labute approximate surface area is 111 Å². The number of carboxylic acid groups (broad SMARTS) is 1. The van der Waals surface area contributed by atoms with Gasteiger partial charge in [0.15, 0.2) is 0 Å². The van der Waals surface area contributed by atoms with Crippen LogP contribution in [0.2, 0.25) is 5.02 Å². The van der Waals surface area contributed by atoms with E-state index in [1.807, 2.05) is 13.8 Å². The normalized spacial score (nSPS) is 11.7. The maximum Gasteiger partial charge on any atom is 0.323 e. The minimum atomic E-state index is -0.931. The second-order valence-electron chi connectivity index (χ2n) is 4.05. The van der Waals surface area contributed by atoms with Crippen LogP contribution in [0.25, 0.3) is 0 Å². The first-order chi connectivity index (χ1) is 8.49. The highest BCUT2D eigenvalue weighted by atomic mass is 35.5. The molecule has 0 heterocycles. The van der Waals surface area contributed by atoms with Gasteiger partial charge in [-0.1, -0.05) is 18.5 Å². The summed E-state index contributed by atoms with van der Waals surface area (Å²) in [6.45, 7) is 3.74. The fourth-order valence-electron chi connectivity index (χ4n) is 1.68. The molecule has 1 aromatic rings. The smallest absolute Gasteiger partial charge is 0.323 e. The number of carboxylic acids is 1. The number of hydrogen-bond acceptors (Lipinski definition) is 3. The van der Waals surface area contributed by atoms with Crippen molar-refractivity contribution < 1.29 is 9.90 Å². The van der Waals surface area contributed by atoms with Gasteiger partial charge in [0.1, 0.15) is 12.6 Å². The molecule has 0 spiro atoms. The lowest BCUT2D eigenvalue weighted by molar-refractivity contribution is -0.135. The van der Waals surface area contributed by atoms with Crippen molar-refractivity contribution in [3.05, 3.63) is 28.8 Å². The van der Waals surface area contributed by atoms with E-state index in [2.05, 4.69) is 6.07 Å². The lowest BCUT2D eigenvalue weighted by Gasteiger charge is -2.30. The lowest BCUT2D eigenvalue weighted by atomic mass is 10.1. The predicted molar refractivity (Wildman–Crippen MR) is 70.9 cm³/mol. The summed E-state index contributed by atoms with van der Waals surface area (Å²) < 4.78 is 0. The fraction of sp³-hybridized carbons (Fsp3) is 0.385. The average molecular weight is 267 g/mol. The van der Waals surface area contributed by atoms with Crippen LogP contribution in [0.15, 0.2) is 18.2 Å². The predicted octanol–water partition coefficient (Wildman–Crippen LogP) is 2.90. The number of nitrogens with zero attached hydrogens (tertiary/aromatic N) is 2. The number of anilines is 1. The molecule has 5 heteroatoms. The van der Waals surface area contributed by atoms with Crippen LogP contribution in [0.5, 0.6) is 0 Å². The molecule has 96 valence electrons. The van der Waals surface area contributed by atoms with Gasteiger partial charge in [-0.05, 0) is 31.5 Å². The first-order valence-electron chi connectivity index (χ1n) is 5.67. The van der Waals surface area contributed by atoms with Gasteiger partial charge in [0.2, 0.25) is 0 Å². The molecule has 0 radical (unpaired) electrons. The molecule has 1 N–H and O–H groups in total. The van der Waals surface area contributed by atoms with E-state index < -0.39 is 5.97 Å². The van der Waals surface area contributed by atoms with Gasteiger partial charge in [0.25, 0.3) is 0 Å². The Bertz CT molecular complexity index is 482. The highest BCUT2D eigenvalue weighted by molar-refractivity contribution is 6.30. The molecule has 18 heavy (non-hydrogen) atoms. The van der Waals surface area contributed by atoms with Crippen LogP contribution in [0.4, 0.5) is 5.69 Å². The van der Waals surface area contributed by atoms with Gasteiger partial charge in [-0.25, -0.2) is 0 Å². The number of hydrogen-bond donors (Lipinski definition) is 1. The number of benzene rings is 1. The zero-order valence-corrected chi connectivity index (χ0v) is 11.1. The summed E-state index contributed by atoms with van der Waals surface area (Å²) in [6.07, 6.45) is 0.782. The molecule has 0 aliphatic heterocycles. The van der Waals surface area contributed by atoms with Crippen LogP contribution in [-0.4, -0.2) is 23.7 Å². The largest absolute Gasteiger partial charge is 0.480 e. The summed E-state index contributed by atoms with van der Waals surface area (Å²) in [7, 11) is 0. The minimum Gasteiger partial charge on any atom is -0.480 e. The third-order valence-corrected chi connectivity index (χ3v) is 3.05. The zero-order valence-electron chi connectivity index (χ0n) is 10.4. The van der Waals surface area contributed by atoms with Crippen LogP contribution in [-0.2, 0) is 4.79 Å². The van der Waals surface area contributed by atoms with Gasteiger partial charge >= 0.3 is 5.97 Å². The Morgan fingerprint density at radius 2 is 2.28 bits per heavy atom. The fourth-order valence-corrected chi connectivity index (χ4v) is 1.85. The van der Waals surface area contributed by atoms with E-state index in [4.69, 9.17) is 22.0 Å². The van der Waals surface area contributed by atoms with E-state index in [0.717, 1.165) is 6.42 Å². The number of carbonyl (C=O) groups is 1. The average Bonchev–Trinajstić information content (AvgIpc) is 2.34. The standard InChI is InChI=1S/C13H15ClN2O2/c1-3-9(2)16(8-13(17)18)12-6-11(14)5-4-10(12)7-15/h4-6,9H,3,8H2,1-2H3,(H,17,18). The van der Waals surface area contributed by atoms with Crippen molar-refractivity contribution in [3.63, 3.8) is 0 Å². The molecule has 0 aliphatic carbocycles. The van der Waals surface area contributed by atoms with Crippen molar-refractivity contribution in [2.24, 2.45) is 0 Å². The van der Waals surface area contributed by atoms with Crippen molar-refractivity contribution in [1.29, 1.82) is 5.26 Å². The van der Waals surface area contributed by atoms with Gasteiger partial charge < -0.3 is 10.0 Å². The Balaban J connectivity index is 3.23. The molecule has 1 unspecified atom stereocenters. The second-order valence-corrected chi connectivity index (χ2v) is 4.49. The van der Waals surface area contributed by atoms with Gasteiger partial charge in [0.05, 0.1) is 11.3 Å². The first kappa shape index (κ1) is 14.3. The summed E-state index contributed by atoms with van der Waals surface area (Å²) in [5.41, 5.74) is 1.00. The summed E-state index contributed by atoms with van der Waals surface area (Å²) >= 11 is 5.92. The molecule has 0 aromatic heterocycles. The van der Waals surface area contributed by atoms with E-state index in [1.54, 1.807) is 23.1 Å². The Hall–Kier alpha value is -1.73. The van der Waals surface area contributed by atoms with Crippen molar-refractivity contribution >= 4 is 23.3 Å². The molecule has 4 nitrogen and oxygen atoms in total. The third-order valence-electron chi connectivity index (χ3n) is 2.82. The SMILES string of the molecule is CCC(C)N(CC(=O)O)c1cc(Cl)ccc1C#N. The summed E-state index contributed by atoms with van der Waals surface area (Å²) in [6, 6.07) is 6.95. The number of halogens is 1. The zero-order chi connectivity index (χ0) is 13.7. The van der Waals surface area contributed by atoms with Crippen LogP contribution >= 0.6 is 11.6 Å². The highest BCUT2D eigenvalue weighted by Gasteiger charge is 2.19. The molecule has 0 saturated heterocycles. The molecular formula is C13H15ClN2O2. The van der Waals surface area contributed by atoms with Crippen LogP contribution in [0, 0.1) is 11.3 Å². The second kappa shape index (κ2) is 6.27. The molecule has 0 saturated carbocycles. The van der Waals surface area contributed by atoms with E-state index in [0.29, 0.717) is 16.3 Å². The molecule has 0 fully saturated rings. The third kappa shape index (κ3) is 3.38. The maximum absolute atomic E-state index is 10.9. The van der Waals surface area contributed by atoms with Crippen LogP contribution in [0.1, 0.15) is 25.8 Å². The quantitative estimate of drug-likeness (QED) is 0.890. The summed E-state index contributed by atoms with van der Waals surface area (Å²) in [4.78, 5) is 12.6. The van der Waals surface area contributed by atoms with Gasteiger partial charge in [-0.2, -0.15) is 5.26 Å². The Kier molecular flexibility index (Phi) is 4.99. The Morgan fingerprint density at radius 3 is 2.78 bits per heavy atom. The topological polar surface area (TPSA) is 64.3 Å². The molecule has 1 rings (SSSR count). The van der Waals surface area contributed by atoms with Crippen molar-refractivity contribution in [2.45, 2.75) is 26.3 Å². The van der Waals surface area contributed by atoms with E-state index in [1.165, 1.54) is 0 Å². The number of rotatable bonds is 5. The van der Waals surface area contributed by atoms with E-state index in [-0.39, 0.29) is 12.6 Å². The maximum atomic E-state index is 10.9. The van der Waals surface area contributed by atoms with Gasteiger partial charge in [0, 0.05) is 11.1 Å². The summed E-state index contributed by atoms with van der Waals surface area (Å²) in [5, 5.41) is 18.5. The highest BCUT2D eigenvalue weighted by Crippen LogP contribution is 2.26. The van der Waals surface area contributed by atoms with E-state index >= 15 is 0 Å². The molecule has 1 atom stereocenters. The Morgan fingerprint density at radius 1 is 1.61 bits per heavy atom. The number of aliphatic carboxylic acids is 1. The van der Waals surface area contributed by atoms with Crippen molar-refractivity contribution in [3.8, 4) is 6.07 Å². The van der Waals surface area contributed by atoms with E-state index in [9.17, 15) is 4.79 Å². The molecule has 0 aliphatic rings. The van der Waals surface area contributed by atoms with Crippen LogP contribution in [0.3, 0.4) is 0 Å². The van der Waals surface area contributed by atoms with Crippen molar-refractivity contribution in [2.75, 3.05) is 11.4 Å². The monoisotopic (exact) mass is 266 g/mol. The first-order valence-corrected chi connectivity index (χ1v) is 6.05. The minimum absolute atomic E-state index is 0.0201. The summed E-state index contributed by atoms with van der Waals surface area (Å²) in [5.74, 6) is -0.931. The van der Waals surface area contributed by atoms with Gasteiger partial charge in [-0.15, -0.1) is 0 Å². The molecule has 1 aromatic carbocycles. The van der Waals surface area contributed by atoms with Crippen LogP contribution < -0.4 is 4.90 Å². The molecule has 0 amide bonds. The number of nitriles is 1. The lowest BCUT2D eigenvalue weighted by Crippen LogP contribution is -2.37. The van der Waals surface area contributed by atoms with Gasteiger partial charge in [-0.3, -0.25) is 4.79 Å².